The second kappa shape index (κ2) is 9.65. The lowest BCUT2D eigenvalue weighted by Crippen LogP contribution is -2.34. The van der Waals surface area contributed by atoms with Gasteiger partial charge in [-0.15, -0.1) is 0 Å². The van der Waals surface area contributed by atoms with Crippen LogP contribution < -0.4 is 10.6 Å². The number of carbonyl (C=O) groups is 2. The number of halogens is 4. The maximum absolute atomic E-state index is 12.3. The Hall–Kier alpha value is -3.33. The molecule has 0 spiro atoms. The molecule has 0 unspecified atom stereocenters. The Morgan fingerprint density at radius 3 is 2.48 bits per heavy atom. The molecule has 3 rings (SSSR count). The quantitative estimate of drug-likeness (QED) is 0.537. The number of amides is 2. The van der Waals surface area contributed by atoms with E-state index in [1.54, 1.807) is 35.6 Å². The Morgan fingerprint density at radius 1 is 1.06 bits per heavy atom. The van der Waals surface area contributed by atoms with Crippen molar-refractivity contribution in [1.29, 1.82) is 0 Å². The molecule has 0 atom stereocenters. The monoisotopic (exact) mass is 451 g/mol. The van der Waals surface area contributed by atoms with Gasteiger partial charge in [0, 0.05) is 23.4 Å². The Kier molecular flexibility index (Phi) is 6.96. The summed E-state index contributed by atoms with van der Waals surface area (Å²) in [4.78, 5) is 28.5. The Bertz CT molecular complexity index is 1070. The maximum atomic E-state index is 12.3. The third kappa shape index (κ3) is 6.58. The van der Waals surface area contributed by atoms with Gasteiger partial charge >= 0.3 is 6.18 Å². The summed E-state index contributed by atoms with van der Waals surface area (Å²) < 4.78 is 42.6. The fourth-order valence-corrected chi connectivity index (χ4v) is 2.80. The molecule has 31 heavy (non-hydrogen) atoms. The van der Waals surface area contributed by atoms with Crippen LogP contribution >= 0.6 is 11.6 Å². The number of nitrogens with zero attached hydrogens (tertiary/aromatic N) is 1. The van der Waals surface area contributed by atoms with Crippen LogP contribution in [0, 0.1) is 0 Å². The van der Waals surface area contributed by atoms with E-state index in [1.165, 1.54) is 24.4 Å². The number of anilines is 1. The lowest BCUT2D eigenvalue weighted by molar-refractivity contribution is -0.123. The van der Waals surface area contributed by atoms with E-state index in [2.05, 4.69) is 10.3 Å². The van der Waals surface area contributed by atoms with Crippen LogP contribution in [0.4, 0.5) is 18.9 Å². The van der Waals surface area contributed by atoms with Gasteiger partial charge in [-0.1, -0.05) is 23.7 Å². The van der Waals surface area contributed by atoms with Gasteiger partial charge in [0.2, 0.25) is 5.91 Å². The molecule has 0 aliphatic heterocycles. The van der Waals surface area contributed by atoms with Crippen LogP contribution in [0.3, 0.4) is 0 Å². The first-order valence-corrected chi connectivity index (χ1v) is 9.53. The standard InChI is InChI=1S/C21H17ClF3N3O3/c22-14-7-5-13(6-8-14)17-11-26-19(31-17)10-9-18(29)28-16-4-2-1-3-15(16)20(30)27-12-21(23,24)25/h1-8,11H,9-10,12H2,(H,27,30)(H,28,29). The summed E-state index contributed by atoms with van der Waals surface area (Å²) in [5.41, 5.74) is 0.828. The van der Waals surface area contributed by atoms with E-state index in [0.29, 0.717) is 16.7 Å². The molecule has 0 aliphatic carbocycles. The number of carbonyl (C=O) groups excluding carboxylic acids is 2. The average molecular weight is 452 g/mol. The third-order valence-corrected chi connectivity index (χ3v) is 4.40. The van der Waals surface area contributed by atoms with Crippen molar-refractivity contribution in [1.82, 2.24) is 10.3 Å². The van der Waals surface area contributed by atoms with Gasteiger partial charge in [0.25, 0.3) is 5.91 Å². The first-order valence-electron chi connectivity index (χ1n) is 9.16. The number of aryl methyl sites for hydroxylation is 1. The number of rotatable bonds is 7. The van der Waals surface area contributed by atoms with Crippen LogP contribution in [0.25, 0.3) is 11.3 Å². The predicted octanol–water partition coefficient (Wildman–Crippen LogP) is 4.86. The van der Waals surface area contributed by atoms with Gasteiger partial charge in [-0.2, -0.15) is 13.2 Å². The van der Waals surface area contributed by atoms with Crippen molar-refractivity contribution in [3.63, 3.8) is 0 Å². The SMILES string of the molecule is O=C(CCc1ncc(-c2ccc(Cl)cc2)o1)Nc1ccccc1C(=O)NCC(F)(F)F. The van der Waals surface area contributed by atoms with Crippen LogP contribution in [-0.2, 0) is 11.2 Å². The molecule has 0 aliphatic rings. The maximum Gasteiger partial charge on any atom is 0.405 e. The zero-order valence-corrected chi connectivity index (χ0v) is 16.8. The van der Waals surface area contributed by atoms with E-state index in [-0.39, 0.29) is 24.1 Å². The molecule has 0 saturated heterocycles. The van der Waals surface area contributed by atoms with Gasteiger partial charge in [-0.25, -0.2) is 4.98 Å². The summed E-state index contributed by atoms with van der Waals surface area (Å²) in [6, 6.07) is 12.8. The number of oxazole rings is 1. The first kappa shape index (κ1) is 22.4. The molecule has 2 amide bonds. The van der Waals surface area contributed by atoms with Crippen molar-refractivity contribution in [2.45, 2.75) is 19.0 Å². The van der Waals surface area contributed by atoms with E-state index < -0.39 is 24.5 Å². The zero-order valence-electron chi connectivity index (χ0n) is 16.0. The number of nitrogens with one attached hydrogen (secondary N) is 2. The number of hydrogen-bond donors (Lipinski definition) is 2. The molecule has 1 heterocycles. The molecule has 6 nitrogen and oxygen atoms in total. The molecule has 0 fully saturated rings. The van der Waals surface area contributed by atoms with Gasteiger partial charge < -0.3 is 15.1 Å². The molecule has 2 aromatic carbocycles. The second-order valence-electron chi connectivity index (χ2n) is 6.52. The number of benzene rings is 2. The molecule has 2 N–H and O–H groups in total. The summed E-state index contributed by atoms with van der Waals surface area (Å²) in [7, 11) is 0. The average Bonchev–Trinajstić information content (AvgIpc) is 3.20. The van der Waals surface area contributed by atoms with Crippen molar-refractivity contribution in [3.05, 3.63) is 71.2 Å². The minimum atomic E-state index is -4.53. The number of aromatic nitrogens is 1. The fraction of sp³-hybridized carbons (Fsp3) is 0.190. The van der Waals surface area contributed by atoms with E-state index in [4.69, 9.17) is 16.0 Å². The summed E-state index contributed by atoms with van der Waals surface area (Å²) in [5.74, 6) is -0.508. The first-order chi connectivity index (χ1) is 14.7. The van der Waals surface area contributed by atoms with Crippen LogP contribution in [0.5, 0.6) is 0 Å². The van der Waals surface area contributed by atoms with Gasteiger partial charge in [-0.3, -0.25) is 9.59 Å². The zero-order chi connectivity index (χ0) is 22.4. The fourth-order valence-electron chi connectivity index (χ4n) is 2.67. The van der Waals surface area contributed by atoms with Gasteiger partial charge in [-0.05, 0) is 36.4 Å². The van der Waals surface area contributed by atoms with Crippen LogP contribution in [0.15, 0.2) is 59.1 Å². The Morgan fingerprint density at radius 2 is 1.77 bits per heavy atom. The van der Waals surface area contributed by atoms with Gasteiger partial charge in [0.05, 0.1) is 17.4 Å². The largest absolute Gasteiger partial charge is 0.441 e. The Balaban J connectivity index is 1.58. The highest BCUT2D eigenvalue weighted by Gasteiger charge is 2.28. The molecule has 162 valence electrons. The van der Waals surface area contributed by atoms with E-state index in [1.807, 2.05) is 0 Å². The van der Waals surface area contributed by atoms with Gasteiger partial charge in [0.1, 0.15) is 6.54 Å². The summed E-state index contributed by atoms with van der Waals surface area (Å²) >= 11 is 5.86. The molecule has 0 radical (unpaired) electrons. The molecule has 3 aromatic rings. The van der Waals surface area contributed by atoms with Crippen molar-refractivity contribution in [3.8, 4) is 11.3 Å². The topological polar surface area (TPSA) is 84.2 Å². The van der Waals surface area contributed by atoms with Crippen LogP contribution in [0.1, 0.15) is 22.7 Å². The van der Waals surface area contributed by atoms with Crippen molar-refractivity contribution in [2.75, 3.05) is 11.9 Å². The molecular weight excluding hydrogens is 435 g/mol. The van der Waals surface area contributed by atoms with E-state index in [9.17, 15) is 22.8 Å². The molecular formula is C21H17ClF3N3O3. The highest BCUT2D eigenvalue weighted by Crippen LogP contribution is 2.23. The third-order valence-electron chi connectivity index (χ3n) is 4.14. The summed E-state index contributed by atoms with van der Waals surface area (Å²) in [5, 5.41) is 4.91. The number of alkyl halides is 3. The van der Waals surface area contributed by atoms with Gasteiger partial charge in [0.15, 0.2) is 11.7 Å². The van der Waals surface area contributed by atoms with Crippen LogP contribution in [-0.4, -0.2) is 29.5 Å². The molecule has 0 saturated carbocycles. The molecule has 0 bridgehead atoms. The van der Waals surface area contributed by atoms with E-state index >= 15 is 0 Å². The summed E-state index contributed by atoms with van der Waals surface area (Å²) in [6.45, 7) is -1.46. The molecule has 1 aromatic heterocycles. The van der Waals surface area contributed by atoms with Crippen molar-refractivity contribution < 1.29 is 27.2 Å². The van der Waals surface area contributed by atoms with E-state index in [0.717, 1.165) is 5.56 Å². The lowest BCUT2D eigenvalue weighted by Gasteiger charge is -2.12. The highest BCUT2D eigenvalue weighted by atomic mass is 35.5. The minimum absolute atomic E-state index is 0.000917. The normalized spacial score (nSPS) is 11.2. The number of hydrogen-bond acceptors (Lipinski definition) is 4. The minimum Gasteiger partial charge on any atom is -0.441 e. The predicted molar refractivity (Wildman–Crippen MR) is 109 cm³/mol. The Labute approximate surface area is 180 Å². The number of para-hydroxylation sites is 1. The summed E-state index contributed by atoms with van der Waals surface area (Å²) in [6.07, 6.45) is -2.80. The lowest BCUT2D eigenvalue weighted by atomic mass is 10.1. The smallest absolute Gasteiger partial charge is 0.405 e. The van der Waals surface area contributed by atoms with Crippen molar-refractivity contribution >= 4 is 29.1 Å². The van der Waals surface area contributed by atoms with Crippen molar-refractivity contribution in [2.24, 2.45) is 0 Å². The van der Waals surface area contributed by atoms with Crippen LogP contribution in [0.2, 0.25) is 5.02 Å². The second-order valence-corrected chi connectivity index (χ2v) is 6.95. The molecule has 10 heteroatoms. The highest BCUT2D eigenvalue weighted by molar-refractivity contribution is 6.30.